The number of carbonyl (C=O) groups is 2. The molecule has 0 aliphatic heterocycles. The van der Waals surface area contributed by atoms with E-state index in [4.69, 9.17) is 11.6 Å². The highest BCUT2D eigenvalue weighted by Crippen LogP contribution is 2.29. The number of hydrogen-bond acceptors (Lipinski definition) is 4. The van der Waals surface area contributed by atoms with E-state index >= 15 is 0 Å². The molecule has 0 aliphatic rings. The zero-order valence-corrected chi connectivity index (χ0v) is 27.7. The SMILES string of the molecule is Cc1ccc(CN(C(=O)CN(c2ccc(Cl)cc2C)S(=O)(=O)c2ccccc2)[C@H](Cc2ccccc2)C(=O)NCC(C)C)cc1. The quantitative estimate of drug-likeness (QED) is 0.178. The van der Waals surface area contributed by atoms with Crippen molar-refractivity contribution >= 4 is 39.1 Å². The van der Waals surface area contributed by atoms with Gasteiger partial charge in [-0.1, -0.05) is 104 Å². The summed E-state index contributed by atoms with van der Waals surface area (Å²) >= 11 is 6.23. The van der Waals surface area contributed by atoms with Crippen LogP contribution in [0.25, 0.3) is 0 Å². The van der Waals surface area contributed by atoms with Crippen LogP contribution < -0.4 is 9.62 Å². The lowest BCUT2D eigenvalue weighted by Gasteiger charge is -2.34. The highest BCUT2D eigenvalue weighted by Gasteiger charge is 2.35. The van der Waals surface area contributed by atoms with Crippen LogP contribution in [0.3, 0.4) is 0 Å². The van der Waals surface area contributed by atoms with E-state index in [0.29, 0.717) is 22.8 Å². The van der Waals surface area contributed by atoms with Gasteiger partial charge in [-0.15, -0.1) is 0 Å². The monoisotopic (exact) mass is 645 g/mol. The van der Waals surface area contributed by atoms with E-state index < -0.39 is 28.5 Å². The zero-order chi connectivity index (χ0) is 32.6. The Labute approximate surface area is 271 Å². The van der Waals surface area contributed by atoms with Gasteiger partial charge in [-0.2, -0.15) is 0 Å². The number of sulfonamides is 1. The molecule has 9 heteroatoms. The second-order valence-corrected chi connectivity index (χ2v) is 13.9. The first-order chi connectivity index (χ1) is 21.5. The maximum atomic E-state index is 14.5. The van der Waals surface area contributed by atoms with E-state index in [1.807, 2.05) is 75.4 Å². The molecule has 1 atom stereocenters. The number of halogens is 1. The molecular formula is C36H40ClN3O4S. The van der Waals surface area contributed by atoms with Crippen molar-refractivity contribution in [1.29, 1.82) is 0 Å². The van der Waals surface area contributed by atoms with Crippen molar-refractivity contribution in [2.24, 2.45) is 5.92 Å². The lowest BCUT2D eigenvalue weighted by atomic mass is 10.0. The van der Waals surface area contributed by atoms with E-state index in [1.165, 1.54) is 17.0 Å². The maximum absolute atomic E-state index is 14.5. The summed E-state index contributed by atoms with van der Waals surface area (Å²) in [7, 11) is -4.18. The van der Waals surface area contributed by atoms with Crippen molar-refractivity contribution in [2.75, 3.05) is 17.4 Å². The number of carbonyl (C=O) groups excluding carboxylic acids is 2. The molecule has 4 aromatic rings. The minimum atomic E-state index is -4.18. The molecule has 0 bridgehead atoms. The zero-order valence-electron chi connectivity index (χ0n) is 26.1. The number of aryl methyl sites for hydroxylation is 2. The van der Waals surface area contributed by atoms with Crippen LogP contribution in [0.2, 0.25) is 5.02 Å². The number of hydrogen-bond donors (Lipinski definition) is 1. The molecule has 2 amide bonds. The normalized spacial score (nSPS) is 12.0. The van der Waals surface area contributed by atoms with Crippen molar-refractivity contribution in [2.45, 2.75) is 51.6 Å². The molecular weight excluding hydrogens is 606 g/mol. The molecule has 7 nitrogen and oxygen atoms in total. The lowest BCUT2D eigenvalue weighted by Crippen LogP contribution is -2.53. The predicted molar refractivity (Wildman–Crippen MR) is 181 cm³/mol. The van der Waals surface area contributed by atoms with Gasteiger partial charge in [-0.25, -0.2) is 8.42 Å². The van der Waals surface area contributed by atoms with E-state index in [1.54, 1.807) is 43.3 Å². The molecule has 4 aromatic carbocycles. The number of nitrogens with zero attached hydrogens (tertiary/aromatic N) is 2. The standard InChI is InChI=1S/C36H40ClN3O4S/c1-26(2)23-38-36(42)34(22-29-11-7-5-8-12-29)39(24-30-17-15-27(3)16-18-30)35(41)25-40(33-20-19-31(37)21-28(33)4)45(43,44)32-13-9-6-10-14-32/h5-21,26,34H,22-25H2,1-4H3,(H,38,42)/t34-/m1/s1. The van der Waals surface area contributed by atoms with Gasteiger partial charge in [0.1, 0.15) is 12.6 Å². The first-order valence-corrected chi connectivity index (χ1v) is 16.8. The Kier molecular flexibility index (Phi) is 11.4. The summed E-state index contributed by atoms with van der Waals surface area (Å²) in [6.07, 6.45) is 0.258. The highest BCUT2D eigenvalue weighted by molar-refractivity contribution is 7.92. The van der Waals surface area contributed by atoms with Crippen LogP contribution in [0.1, 0.15) is 36.1 Å². The molecule has 0 fully saturated rings. The third-order valence-electron chi connectivity index (χ3n) is 7.47. The van der Waals surface area contributed by atoms with Gasteiger partial charge >= 0.3 is 0 Å². The molecule has 0 heterocycles. The largest absolute Gasteiger partial charge is 0.354 e. The van der Waals surface area contributed by atoms with Gasteiger partial charge in [0.05, 0.1) is 10.6 Å². The number of nitrogens with one attached hydrogen (secondary N) is 1. The topological polar surface area (TPSA) is 86.8 Å². The molecule has 0 aromatic heterocycles. The fourth-order valence-electron chi connectivity index (χ4n) is 5.00. The van der Waals surface area contributed by atoms with Crippen molar-refractivity contribution in [1.82, 2.24) is 10.2 Å². The highest BCUT2D eigenvalue weighted by atomic mass is 35.5. The second kappa shape index (κ2) is 15.2. The van der Waals surface area contributed by atoms with Gasteiger partial charge in [0, 0.05) is 24.5 Å². The molecule has 4 rings (SSSR count). The first-order valence-electron chi connectivity index (χ1n) is 15.0. The Morgan fingerprint density at radius 2 is 1.44 bits per heavy atom. The summed E-state index contributed by atoms with van der Waals surface area (Å²) in [5, 5.41) is 3.46. The molecule has 0 radical (unpaired) electrons. The second-order valence-electron chi connectivity index (χ2n) is 11.6. The van der Waals surface area contributed by atoms with Gasteiger partial charge in [0.15, 0.2) is 0 Å². The molecule has 0 unspecified atom stereocenters. The number of benzene rings is 4. The van der Waals surface area contributed by atoms with Crippen LogP contribution >= 0.6 is 11.6 Å². The molecule has 0 aliphatic carbocycles. The lowest BCUT2D eigenvalue weighted by molar-refractivity contribution is -0.140. The molecule has 0 saturated heterocycles. The number of rotatable bonds is 13. The van der Waals surface area contributed by atoms with Gasteiger partial charge < -0.3 is 10.2 Å². The van der Waals surface area contributed by atoms with Crippen LogP contribution in [-0.2, 0) is 32.6 Å². The maximum Gasteiger partial charge on any atom is 0.264 e. The number of amides is 2. The third-order valence-corrected chi connectivity index (χ3v) is 9.48. The average molecular weight is 646 g/mol. The van der Waals surface area contributed by atoms with Crippen LogP contribution in [0.5, 0.6) is 0 Å². The van der Waals surface area contributed by atoms with Crippen LogP contribution in [0, 0.1) is 19.8 Å². The van der Waals surface area contributed by atoms with E-state index in [9.17, 15) is 18.0 Å². The van der Waals surface area contributed by atoms with Crippen LogP contribution in [0.15, 0.2) is 108 Å². The van der Waals surface area contributed by atoms with Crippen molar-refractivity contribution in [3.05, 3.63) is 130 Å². The van der Waals surface area contributed by atoms with Crippen LogP contribution in [-0.4, -0.2) is 44.3 Å². The molecule has 45 heavy (non-hydrogen) atoms. The smallest absolute Gasteiger partial charge is 0.264 e. The van der Waals surface area contributed by atoms with Crippen molar-refractivity contribution in [3.8, 4) is 0 Å². The van der Waals surface area contributed by atoms with Gasteiger partial charge in [-0.3, -0.25) is 13.9 Å². The van der Waals surface area contributed by atoms with E-state index in [2.05, 4.69) is 5.32 Å². The summed E-state index contributed by atoms with van der Waals surface area (Å²) in [6.45, 7) is 7.77. The minimum Gasteiger partial charge on any atom is -0.354 e. The average Bonchev–Trinajstić information content (AvgIpc) is 3.02. The molecule has 0 saturated carbocycles. The van der Waals surface area contributed by atoms with Gasteiger partial charge in [0.25, 0.3) is 10.0 Å². The summed E-state index contributed by atoms with van der Waals surface area (Å²) in [5.41, 5.74) is 3.69. The van der Waals surface area contributed by atoms with E-state index in [-0.39, 0.29) is 29.7 Å². The first kappa shape index (κ1) is 33.7. The summed E-state index contributed by atoms with van der Waals surface area (Å²) < 4.78 is 29.4. The Hall–Kier alpha value is -4.14. The summed E-state index contributed by atoms with van der Waals surface area (Å²) in [4.78, 5) is 30.0. The molecule has 0 spiro atoms. The van der Waals surface area contributed by atoms with Gasteiger partial charge in [-0.05, 0) is 66.8 Å². The summed E-state index contributed by atoms with van der Waals surface area (Å²) in [5.74, 6) is -0.606. The Morgan fingerprint density at radius 1 is 0.822 bits per heavy atom. The van der Waals surface area contributed by atoms with Crippen LogP contribution in [0.4, 0.5) is 5.69 Å². The molecule has 1 N–H and O–H groups in total. The fourth-order valence-corrected chi connectivity index (χ4v) is 6.72. The Morgan fingerprint density at radius 3 is 2.04 bits per heavy atom. The fraction of sp³-hybridized carbons (Fsp3) is 0.278. The van der Waals surface area contributed by atoms with E-state index in [0.717, 1.165) is 21.0 Å². The summed E-state index contributed by atoms with van der Waals surface area (Å²) in [6, 6.07) is 29.2. The third kappa shape index (κ3) is 8.96. The Bertz CT molecular complexity index is 1700. The minimum absolute atomic E-state index is 0.0488. The number of anilines is 1. The Balaban J connectivity index is 1.81. The van der Waals surface area contributed by atoms with Crippen molar-refractivity contribution in [3.63, 3.8) is 0 Å². The van der Waals surface area contributed by atoms with Crippen molar-refractivity contribution < 1.29 is 18.0 Å². The molecule has 236 valence electrons. The van der Waals surface area contributed by atoms with Gasteiger partial charge in [0.2, 0.25) is 11.8 Å². The predicted octanol–water partition coefficient (Wildman–Crippen LogP) is 6.56.